The number of halogens is 2. The van der Waals surface area contributed by atoms with Crippen molar-refractivity contribution < 1.29 is 14.3 Å². The maximum Gasteiger partial charge on any atom is 0.258 e. The van der Waals surface area contributed by atoms with Crippen LogP contribution >= 0.6 is 34.5 Å². The van der Waals surface area contributed by atoms with Crippen LogP contribution in [0.15, 0.2) is 48.1 Å². The minimum absolute atomic E-state index is 0.175. The number of fused-ring (bicyclic) bond motifs is 1. The van der Waals surface area contributed by atoms with Crippen molar-refractivity contribution in [3.8, 4) is 11.5 Å². The van der Waals surface area contributed by atoms with E-state index in [4.69, 9.17) is 32.7 Å². The molecule has 4 rings (SSSR count). The van der Waals surface area contributed by atoms with Crippen molar-refractivity contribution in [1.82, 2.24) is 9.97 Å². The van der Waals surface area contributed by atoms with Gasteiger partial charge in [0, 0.05) is 18.0 Å². The smallest absolute Gasteiger partial charge is 0.258 e. The number of amides is 1. The van der Waals surface area contributed by atoms with Gasteiger partial charge in [0.25, 0.3) is 5.91 Å². The molecule has 0 aliphatic rings. The number of hydrogen-bond donors (Lipinski definition) is 2. The van der Waals surface area contributed by atoms with Gasteiger partial charge in [-0.2, -0.15) is 0 Å². The largest absolute Gasteiger partial charge is 0.495 e. The normalized spacial score (nSPS) is 10.8. The van der Waals surface area contributed by atoms with E-state index in [1.54, 1.807) is 11.4 Å². The summed E-state index contributed by atoms with van der Waals surface area (Å²) in [6.45, 7) is 0.699. The molecule has 33 heavy (non-hydrogen) atoms. The van der Waals surface area contributed by atoms with Crippen molar-refractivity contribution in [1.29, 1.82) is 0 Å². The summed E-state index contributed by atoms with van der Waals surface area (Å²) in [7, 11) is 2.94. The topological polar surface area (TPSA) is 85.4 Å². The van der Waals surface area contributed by atoms with E-state index in [2.05, 4.69) is 32.7 Å². The summed E-state index contributed by atoms with van der Waals surface area (Å²) < 4.78 is 11.3. The van der Waals surface area contributed by atoms with Crippen LogP contribution < -0.4 is 20.1 Å². The SMILES string of the molecule is COc1cc(OC)c(Cl)c(NC(=O)c2csc3c(NCCc4ccccc4)ncnc23)c1Cl. The summed E-state index contributed by atoms with van der Waals surface area (Å²) in [5, 5.41) is 8.19. The van der Waals surface area contributed by atoms with Crippen LogP contribution in [0.4, 0.5) is 11.5 Å². The Hall–Kier alpha value is -3.07. The van der Waals surface area contributed by atoms with Crippen LogP contribution in [0.3, 0.4) is 0 Å². The fraction of sp³-hybridized carbons (Fsp3) is 0.174. The molecule has 0 saturated heterocycles. The number of carbonyl (C=O) groups is 1. The van der Waals surface area contributed by atoms with Crippen LogP contribution in [0, 0.1) is 0 Å². The third-order valence-electron chi connectivity index (χ3n) is 4.96. The molecule has 0 radical (unpaired) electrons. The second-order valence-corrected chi connectivity index (χ2v) is 8.59. The monoisotopic (exact) mass is 502 g/mol. The number of anilines is 2. The molecule has 2 heterocycles. The van der Waals surface area contributed by atoms with Crippen molar-refractivity contribution in [2.75, 3.05) is 31.4 Å². The van der Waals surface area contributed by atoms with Gasteiger partial charge in [0.2, 0.25) is 0 Å². The van der Waals surface area contributed by atoms with Crippen LogP contribution in [0.2, 0.25) is 10.0 Å². The fourth-order valence-electron chi connectivity index (χ4n) is 3.28. The molecular weight excluding hydrogens is 483 g/mol. The zero-order valence-electron chi connectivity index (χ0n) is 17.8. The molecule has 2 aromatic heterocycles. The summed E-state index contributed by atoms with van der Waals surface area (Å²) >= 11 is 14.2. The molecule has 0 spiro atoms. The second kappa shape index (κ2) is 10.2. The molecule has 0 atom stereocenters. The lowest BCUT2D eigenvalue weighted by Gasteiger charge is -2.15. The lowest BCUT2D eigenvalue weighted by molar-refractivity contribution is 0.102. The summed E-state index contributed by atoms with van der Waals surface area (Å²) in [5.74, 6) is 0.930. The standard InChI is InChI=1S/C23H20Cl2N4O3S/c1-31-15-10-16(32-2)18(25)20(17(15)24)29-23(30)14-11-33-21-19(14)27-12-28-22(21)26-9-8-13-6-4-3-5-7-13/h3-7,10-12H,8-9H2,1-2H3,(H,29,30)(H,26,27,28). The van der Waals surface area contributed by atoms with Crippen LogP contribution in [0.1, 0.15) is 15.9 Å². The molecular formula is C23H20Cl2N4O3S. The first-order valence-electron chi connectivity index (χ1n) is 9.94. The molecule has 0 unspecified atom stereocenters. The minimum Gasteiger partial charge on any atom is -0.495 e. The highest BCUT2D eigenvalue weighted by atomic mass is 35.5. The molecule has 4 aromatic rings. The van der Waals surface area contributed by atoms with Crippen LogP contribution in [-0.4, -0.2) is 36.6 Å². The number of carbonyl (C=O) groups excluding carboxylic acids is 1. The Morgan fingerprint density at radius 1 is 1.06 bits per heavy atom. The average Bonchev–Trinajstić information content (AvgIpc) is 3.28. The van der Waals surface area contributed by atoms with Crippen molar-refractivity contribution >= 4 is 62.2 Å². The van der Waals surface area contributed by atoms with E-state index in [9.17, 15) is 4.79 Å². The van der Waals surface area contributed by atoms with Crippen molar-refractivity contribution in [2.24, 2.45) is 0 Å². The predicted molar refractivity (Wildman–Crippen MR) is 134 cm³/mol. The lowest BCUT2D eigenvalue weighted by Crippen LogP contribution is -2.13. The van der Waals surface area contributed by atoms with Gasteiger partial charge in [0.05, 0.1) is 35.7 Å². The number of benzene rings is 2. The Bertz CT molecular complexity index is 1270. The Balaban J connectivity index is 1.57. The minimum atomic E-state index is -0.408. The van der Waals surface area contributed by atoms with Crippen molar-refractivity contribution in [3.05, 3.63) is 69.3 Å². The first-order valence-corrected chi connectivity index (χ1v) is 11.6. The number of methoxy groups -OCH3 is 2. The quantitative estimate of drug-likeness (QED) is 0.311. The third-order valence-corrected chi connectivity index (χ3v) is 6.69. The number of ether oxygens (including phenoxy) is 2. The number of hydrogen-bond acceptors (Lipinski definition) is 7. The number of nitrogens with one attached hydrogen (secondary N) is 2. The highest BCUT2D eigenvalue weighted by Gasteiger charge is 2.22. The second-order valence-electron chi connectivity index (χ2n) is 6.95. The van der Waals surface area contributed by atoms with E-state index in [0.29, 0.717) is 34.9 Å². The molecule has 0 aliphatic heterocycles. The maximum atomic E-state index is 13.1. The first-order chi connectivity index (χ1) is 16.0. The Morgan fingerprint density at radius 3 is 2.42 bits per heavy atom. The molecule has 0 saturated carbocycles. The van der Waals surface area contributed by atoms with Gasteiger partial charge in [-0.15, -0.1) is 11.3 Å². The van der Waals surface area contributed by atoms with Gasteiger partial charge in [-0.3, -0.25) is 4.79 Å². The van der Waals surface area contributed by atoms with E-state index in [1.807, 2.05) is 18.2 Å². The Morgan fingerprint density at radius 2 is 1.76 bits per heavy atom. The third kappa shape index (κ3) is 4.83. The Labute approximate surface area is 204 Å². The van der Waals surface area contributed by atoms with Gasteiger partial charge in [0.15, 0.2) is 0 Å². The van der Waals surface area contributed by atoms with Crippen LogP contribution in [-0.2, 0) is 6.42 Å². The van der Waals surface area contributed by atoms with Gasteiger partial charge in [-0.1, -0.05) is 53.5 Å². The number of rotatable bonds is 8. The number of aromatic nitrogens is 2. The number of thiophene rings is 1. The number of nitrogens with zero attached hydrogens (tertiary/aromatic N) is 2. The zero-order valence-corrected chi connectivity index (χ0v) is 20.1. The summed E-state index contributed by atoms with van der Waals surface area (Å²) in [6.07, 6.45) is 2.28. The van der Waals surface area contributed by atoms with Crippen molar-refractivity contribution in [2.45, 2.75) is 6.42 Å². The predicted octanol–water partition coefficient (Wildman–Crippen LogP) is 5.92. The Kier molecular flexibility index (Phi) is 7.17. The highest BCUT2D eigenvalue weighted by molar-refractivity contribution is 7.18. The molecule has 0 aliphatic carbocycles. The van der Waals surface area contributed by atoms with E-state index in [0.717, 1.165) is 11.1 Å². The molecule has 2 aromatic carbocycles. The van der Waals surface area contributed by atoms with E-state index in [1.165, 1.54) is 37.4 Å². The van der Waals surface area contributed by atoms with E-state index < -0.39 is 5.91 Å². The molecule has 1 amide bonds. The van der Waals surface area contributed by atoms with Gasteiger partial charge in [-0.25, -0.2) is 9.97 Å². The molecule has 7 nitrogen and oxygen atoms in total. The average molecular weight is 503 g/mol. The first kappa shape index (κ1) is 23.1. The zero-order chi connectivity index (χ0) is 23.4. The van der Waals surface area contributed by atoms with Crippen molar-refractivity contribution in [3.63, 3.8) is 0 Å². The summed E-state index contributed by atoms with van der Waals surface area (Å²) in [5.41, 5.74) is 2.35. The van der Waals surface area contributed by atoms with E-state index >= 15 is 0 Å². The molecule has 10 heteroatoms. The van der Waals surface area contributed by atoms with E-state index in [-0.39, 0.29) is 15.7 Å². The highest BCUT2D eigenvalue weighted by Crippen LogP contribution is 2.44. The van der Waals surface area contributed by atoms with Gasteiger partial charge < -0.3 is 20.1 Å². The van der Waals surface area contributed by atoms with Crippen LogP contribution in [0.25, 0.3) is 10.2 Å². The lowest BCUT2D eigenvalue weighted by atomic mass is 10.1. The molecule has 2 N–H and O–H groups in total. The van der Waals surface area contributed by atoms with Crippen LogP contribution in [0.5, 0.6) is 11.5 Å². The molecule has 0 bridgehead atoms. The molecule has 0 fully saturated rings. The summed E-state index contributed by atoms with van der Waals surface area (Å²) in [4.78, 5) is 21.8. The van der Waals surface area contributed by atoms with Gasteiger partial charge >= 0.3 is 0 Å². The summed E-state index contributed by atoms with van der Waals surface area (Å²) in [6, 6.07) is 11.7. The maximum absolute atomic E-state index is 13.1. The van der Waals surface area contributed by atoms with Gasteiger partial charge in [0.1, 0.15) is 33.7 Å². The fourth-order valence-corrected chi connectivity index (χ4v) is 4.84. The van der Waals surface area contributed by atoms with Gasteiger partial charge in [-0.05, 0) is 12.0 Å². The molecule has 170 valence electrons.